The summed E-state index contributed by atoms with van der Waals surface area (Å²) in [4.78, 5) is 0. The highest BCUT2D eigenvalue weighted by Crippen LogP contribution is 2.31. The molecule has 0 unspecified atom stereocenters. The first-order valence-corrected chi connectivity index (χ1v) is 6.15. The van der Waals surface area contributed by atoms with E-state index >= 15 is 0 Å². The molecule has 0 fully saturated rings. The summed E-state index contributed by atoms with van der Waals surface area (Å²) in [5.74, 6) is 1.11. The van der Waals surface area contributed by atoms with Gasteiger partial charge in [-0.05, 0) is 30.3 Å². The summed E-state index contributed by atoms with van der Waals surface area (Å²) in [6, 6.07) is 9.95. The van der Waals surface area contributed by atoms with Gasteiger partial charge in [-0.3, -0.25) is 0 Å². The number of hydrogen-bond acceptors (Lipinski definition) is 1. The molecule has 88 valence electrons. The molecule has 2 aromatic carbocycles. The smallest absolute Gasteiger partial charge is 0.130 e. The van der Waals surface area contributed by atoms with Gasteiger partial charge < -0.3 is 4.74 Å². The van der Waals surface area contributed by atoms with Crippen LogP contribution >= 0.6 is 46.4 Å². The average molecular weight is 308 g/mol. The lowest BCUT2D eigenvalue weighted by Gasteiger charge is -2.07. The van der Waals surface area contributed by atoms with Crippen LogP contribution in [0, 0.1) is 0 Å². The minimum absolute atomic E-state index is 0.428. The van der Waals surface area contributed by atoms with Crippen molar-refractivity contribution in [3.63, 3.8) is 0 Å². The first kappa shape index (κ1) is 12.8. The predicted molar refractivity (Wildman–Crippen MR) is 73.0 cm³/mol. The molecule has 0 aromatic heterocycles. The Labute approximate surface area is 119 Å². The Balaban J connectivity index is 2.28. The molecule has 0 saturated carbocycles. The van der Waals surface area contributed by atoms with Gasteiger partial charge in [-0.15, -0.1) is 0 Å². The quantitative estimate of drug-likeness (QED) is 0.652. The van der Waals surface area contributed by atoms with Crippen molar-refractivity contribution in [1.29, 1.82) is 0 Å². The van der Waals surface area contributed by atoms with E-state index in [0.717, 1.165) is 0 Å². The molecule has 0 aliphatic carbocycles. The third kappa shape index (κ3) is 3.43. The third-order valence-corrected chi connectivity index (χ3v) is 3.14. The third-order valence-electron chi connectivity index (χ3n) is 1.96. The van der Waals surface area contributed by atoms with Crippen molar-refractivity contribution in [3.8, 4) is 11.5 Å². The Morgan fingerprint density at radius 1 is 0.647 bits per heavy atom. The van der Waals surface area contributed by atoms with Gasteiger partial charge >= 0.3 is 0 Å². The van der Waals surface area contributed by atoms with Crippen molar-refractivity contribution in [1.82, 2.24) is 0 Å². The van der Waals surface area contributed by atoms with E-state index in [1.807, 2.05) is 0 Å². The topological polar surface area (TPSA) is 9.23 Å². The Hall–Kier alpha value is -0.600. The van der Waals surface area contributed by atoms with Gasteiger partial charge in [-0.1, -0.05) is 46.4 Å². The van der Waals surface area contributed by atoms with Crippen LogP contribution in [0.15, 0.2) is 36.4 Å². The van der Waals surface area contributed by atoms with Crippen LogP contribution in [0.2, 0.25) is 20.1 Å². The predicted octanol–water partition coefficient (Wildman–Crippen LogP) is 6.09. The lowest BCUT2D eigenvalue weighted by Crippen LogP contribution is -1.84. The highest BCUT2D eigenvalue weighted by atomic mass is 35.5. The summed E-state index contributed by atoms with van der Waals surface area (Å²) >= 11 is 23.4. The first-order chi connectivity index (χ1) is 8.04. The van der Waals surface area contributed by atoms with E-state index in [0.29, 0.717) is 31.6 Å². The van der Waals surface area contributed by atoms with Gasteiger partial charge in [-0.25, -0.2) is 0 Å². The minimum atomic E-state index is 0.428. The fourth-order valence-corrected chi connectivity index (χ4v) is 2.06. The summed E-state index contributed by atoms with van der Waals surface area (Å²) in [6.07, 6.45) is 0. The molecule has 0 atom stereocenters. The van der Waals surface area contributed by atoms with Gasteiger partial charge in [0.15, 0.2) is 0 Å². The Kier molecular flexibility index (Phi) is 4.05. The number of halogens is 4. The van der Waals surface area contributed by atoms with Crippen LogP contribution in [0.5, 0.6) is 11.5 Å². The van der Waals surface area contributed by atoms with Crippen LogP contribution < -0.4 is 4.74 Å². The Morgan fingerprint density at radius 3 is 1.88 bits per heavy atom. The van der Waals surface area contributed by atoms with Crippen molar-refractivity contribution < 1.29 is 4.74 Å². The minimum Gasteiger partial charge on any atom is -0.457 e. The van der Waals surface area contributed by atoms with Crippen LogP contribution in [0.25, 0.3) is 0 Å². The Bertz CT molecular complexity index is 534. The van der Waals surface area contributed by atoms with E-state index in [-0.39, 0.29) is 0 Å². The fraction of sp³-hybridized carbons (Fsp3) is 0. The molecular formula is C12H6Cl4O. The molecule has 0 saturated heterocycles. The number of rotatable bonds is 2. The zero-order valence-electron chi connectivity index (χ0n) is 8.38. The molecule has 0 aliphatic heterocycles. The van der Waals surface area contributed by atoms with Crippen molar-refractivity contribution in [2.45, 2.75) is 0 Å². The summed E-state index contributed by atoms with van der Waals surface area (Å²) < 4.78 is 5.56. The van der Waals surface area contributed by atoms with Crippen LogP contribution in [0.4, 0.5) is 0 Å². The monoisotopic (exact) mass is 306 g/mol. The van der Waals surface area contributed by atoms with Crippen molar-refractivity contribution in [2.24, 2.45) is 0 Å². The molecule has 0 heterocycles. The van der Waals surface area contributed by atoms with Gasteiger partial charge in [0.05, 0.1) is 10.0 Å². The fourth-order valence-electron chi connectivity index (χ4n) is 1.26. The Morgan fingerprint density at radius 2 is 1.29 bits per heavy atom. The summed E-state index contributed by atoms with van der Waals surface area (Å²) in [5.41, 5.74) is 0. The van der Waals surface area contributed by atoms with Crippen LogP contribution in [-0.4, -0.2) is 0 Å². The number of ether oxygens (including phenoxy) is 1. The lowest BCUT2D eigenvalue weighted by atomic mass is 10.3. The maximum absolute atomic E-state index is 5.88. The first-order valence-electron chi connectivity index (χ1n) is 4.63. The zero-order chi connectivity index (χ0) is 12.4. The zero-order valence-corrected chi connectivity index (χ0v) is 11.4. The molecule has 0 bridgehead atoms. The average Bonchev–Trinajstić information content (AvgIpc) is 2.22. The van der Waals surface area contributed by atoms with Gasteiger partial charge in [0.25, 0.3) is 0 Å². The molecule has 1 nitrogen and oxygen atoms in total. The number of hydrogen-bond donors (Lipinski definition) is 0. The highest BCUT2D eigenvalue weighted by molar-refractivity contribution is 6.42. The van der Waals surface area contributed by atoms with E-state index < -0.39 is 0 Å². The molecule has 0 spiro atoms. The highest BCUT2D eigenvalue weighted by Gasteiger charge is 2.03. The molecule has 0 radical (unpaired) electrons. The maximum Gasteiger partial charge on any atom is 0.130 e. The van der Waals surface area contributed by atoms with Crippen molar-refractivity contribution in [3.05, 3.63) is 56.5 Å². The van der Waals surface area contributed by atoms with Crippen molar-refractivity contribution in [2.75, 3.05) is 0 Å². The molecule has 2 rings (SSSR count). The van der Waals surface area contributed by atoms with Gasteiger partial charge in [0.1, 0.15) is 11.5 Å². The molecule has 0 aliphatic rings. The molecule has 5 heteroatoms. The standard InChI is InChI=1S/C12H6Cl4O/c13-7-3-8(14)5-10(4-7)17-9-1-2-11(15)12(16)6-9/h1-6H. The molecular weight excluding hydrogens is 302 g/mol. The molecule has 0 amide bonds. The molecule has 2 aromatic rings. The largest absolute Gasteiger partial charge is 0.457 e. The normalized spacial score (nSPS) is 10.4. The summed E-state index contributed by atoms with van der Waals surface area (Å²) in [5, 5.41) is 1.92. The van der Waals surface area contributed by atoms with E-state index in [9.17, 15) is 0 Å². The van der Waals surface area contributed by atoms with Gasteiger partial charge in [-0.2, -0.15) is 0 Å². The van der Waals surface area contributed by atoms with Crippen LogP contribution in [0.3, 0.4) is 0 Å². The second-order valence-corrected chi connectivity index (χ2v) is 4.97. The maximum atomic E-state index is 5.88. The van der Waals surface area contributed by atoms with Crippen molar-refractivity contribution >= 4 is 46.4 Å². The van der Waals surface area contributed by atoms with E-state index in [4.69, 9.17) is 51.1 Å². The van der Waals surface area contributed by atoms with Crippen LogP contribution in [0.1, 0.15) is 0 Å². The molecule has 0 N–H and O–H groups in total. The van der Waals surface area contributed by atoms with Gasteiger partial charge in [0, 0.05) is 16.1 Å². The van der Waals surface area contributed by atoms with E-state index in [1.165, 1.54) is 0 Å². The SMILES string of the molecule is Clc1cc(Cl)cc(Oc2ccc(Cl)c(Cl)c2)c1. The summed E-state index contributed by atoms with van der Waals surface area (Å²) in [6.45, 7) is 0. The molecule has 17 heavy (non-hydrogen) atoms. The van der Waals surface area contributed by atoms with Crippen LogP contribution in [-0.2, 0) is 0 Å². The lowest BCUT2D eigenvalue weighted by molar-refractivity contribution is 0.483. The van der Waals surface area contributed by atoms with E-state index in [2.05, 4.69) is 0 Å². The van der Waals surface area contributed by atoms with E-state index in [1.54, 1.807) is 36.4 Å². The van der Waals surface area contributed by atoms with Gasteiger partial charge in [0.2, 0.25) is 0 Å². The summed E-state index contributed by atoms with van der Waals surface area (Å²) in [7, 11) is 0. The second kappa shape index (κ2) is 5.36. The second-order valence-electron chi connectivity index (χ2n) is 3.28. The number of benzene rings is 2.